The van der Waals surface area contributed by atoms with Crippen molar-refractivity contribution in [2.75, 3.05) is 39.9 Å². The van der Waals surface area contributed by atoms with Gasteiger partial charge in [-0.1, -0.05) is 103 Å². The van der Waals surface area contributed by atoms with Gasteiger partial charge in [-0.2, -0.15) is 0 Å². The summed E-state index contributed by atoms with van der Waals surface area (Å²) >= 11 is 0. The lowest BCUT2D eigenvalue weighted by Gasteiger charge is -2.34. The summed E-state index contributed by atoms with van der Waals surface area (Å²) in [5.74, 6) is 0. The molecule has 0 aromatic heterocycles. The predicted octanol–water partition coefficient (Wildman–Crippen LogP) is 6.43. The number of hydrazine groups is 1. The summed E-state index contributed by atoms with van der Waals surface area (Å²) < 4.78 is 5.42. The van der Waals surface area contributed by atoms with E-state index in [1.807, 2.05) is 0 Å². The fraction of sp³-hybridized carbons (Fsp3) is 1.00. The fourth-order valence-electron chi connectivity index (χ4n) is 3.93. The molecule has 1 fully saturated rings. The predicted molar refractivity (Wildman–Crippen MR) is 115 cm³/mol. The molecular formula is C23H48N2O. The van der Waals surface area contributed by atoms with Crippen LogP contribution in [0.2, 0.25) is 0 Å². The number of ether oxygens (including phenoxy) is 1. The third-order valence-electron chi connectivity index (χ3n) is 5.81. The van der Waals surface area contributed by atoms with Gasteiger partial charge in [-0.05, 0) is 6.42 Å². The molecule has 1 aliphatic rings. The third kappa shape index (κ3) is 14.0. The monoisotopic (exact) mass is 368 g/mol. The summed E-state index contributed by atoms with van der Waals surface area (Å²) in [6.07, 6.45) is 23.1. The van der Waals surface area contributed by atoms with Gasteiger partial charge in [0, 0.05) is 26.7 Å². The number of unbranched alkanes of at least 4 members (excludes halogenated alkanes) is 15. The molecule has 0 amide bonds. The van der Waals surface area contributed by atoms with Crippen molar-refractivity contribution in [1.29, 1.82) is 0 Å². The van der Waals surface area contributed by atoms with E-state index in [4.69, 9.17) is 4.74 Å². The summed E-state index contributed by atoms with van der Waals surface area (Å²) in [5.41, 5.74) is 0. The zero-order chi connectivity index (χ0) is 18.7. The lowest BCUT2D eigenvalue weighted by atomic mass is 10.0. The number of morpholine rings is 1. The van der Waals surface area contributed by atoms with Gasteiger partial charge in [0.1, 0.15) is 0 Å². The highest BCUT2D eigenvalue weighted by Gasteiger charge is 2.14. The molecule has 0 spiro atoms. The van der Waals surface area contributed by atoms with E-state index in [1.165, 1.54) is 109 Å². The number of hydrogen-bond donors (Lipinski definition) is 0. The normalized spacial score (nSPS) is 15.8. The minimum absolute atomic E-state index is 0.892. The zero-order valence-electron chi connectivity index (χ0n) is 18.2. The standard InChI is InChI=1S/C23H48N2O/c1-3-4-5-6-7-8-9-10-11-12-13-14-15-16-17-18-19-24(2)25-20-22-26-23-21-25/h3-23H2,1-2H3. The SMILES string of the molecule is CCCCCCCCCCCCCCCCCCN(C)N1CCOCC1. The van der Waals surface area contributed by atoms with Crippen LogP contribution in [0.4, 0.5) is 0 Å². The molecule has 0 atom stereocenters. The molecule has 0 unspecified atom stereocenters. The Morgan fingerprint density at radius 2 is 1.00 bits per heavy atom. The van der Waals surface area contributed by atoms with Crippen molar-refractivity contribution in [2.24, 2.45) is 0 Å². The van der Waals surface area contributed by atoms with Gasteiger partial charge in [0.25, 0.3) is 0 Å². The van der Waals surface area contributed by atoms with E-state index in [0.717, 1.165) is 26.3 Å². The highest BCUT2D eigenvalue weighted by Crippen LogP contribution is 2.14. The van der Waals surface area contributed by atoms with Crippen molar-refractivity contribution >= 4 is 0 Å². The van der Waals surface area contributed by atoms with E-state index in [1.54, 1.807) is 0 Å². The van der Waals surface area contributed by atoms with Crippen LogP contribution in [0.5, 0.6) is 0 Å². The molecular weight excluding hydrogens is 320 g/mol. The molecule has 26 heavy (non-hydrogen) atoms. The van der Waals surface area contributed by atoms with Crippen LogP contribution in [0.25, 0.3) is 0 Å². The number of hydrogen-bond acceptors (Lipinski definition) is 3. The Balaban J connectivity index is 1.72. The molecule has 0 radical (unpaired) electrons. The quantitative estimate of drug-likeness (QED) is 0.259. The van der Waals surface area contributed by atoms with Crippen LogP contribution in [0.1, 0.15) is 110 Å². The minimum atomic E-state index is 0.892. The molecule has 0 aliphatic carbocycles. The van der Waals surface area contributed by atoms with Crippen LogP contribution in [0.15, 0.2) is 0 Å². The highest BCUT2D eigenvalue weighted by atomic mass is 16.5. The lowest BCUT2D eigenvalue weighted by Crippen LogP contribution is -2.47. The van der Waals surface area contributed by atoms with E-state index in [-0.39, 0.29) is 0 Å². The molecule has 0 N–H and O–H groups in total. The first-order valence-electron chi connectivity index (χ1n) is 11.9. The summed E-state index contributed by atoms with van der Waals surface area (Å²) in [5, 5.41) is 4.85. The van der Waals surface area contributed by atoms with Gasteiger partial charge in [-0.3, -0.25) is 0 Å². The average Bonchev–Trinajstić information content (AvgIpc) is 2.68. The molecule has 1 heterocycles. The van der Waals surface area contributed by atoms with Crippen LogP contribution < -0.4 is 0 Å². The molecule has 0 bridgehead atoms. The molecule has 3 heteroatoms. The van der Waals surface area contributed by atoms with E-state index >= 15 is 0 Å². The first-order valence-corrected chi connectivity index (χ1v) is 11.9. The maximum atomic E-state index is 5.42. The van der Waals surface area contributed by atoms with E-state index < -0.39 is 0 Å². The second-order valence-electron chi connectivity index (χ2n) is 8.25. The fourth-order valence-corrected chi connectivity index (χ4v) is 3.93. The van der Waals surface area contributed by atoms with Crippen LogP contribution in [0.3, 0.4) is 0 Å². The van der Waals surface area contributed by atoms with Crippen LogP contribution >= 0.6 is 0 Å². The Hall–Kier alpha value is -0.120. The second kappa shape index (κ2) is 18.3. The first kappa shape index (κ1) is 23.9. The highest BCUT2D eigenvalue weighted by molar-refractivity contribution is 4.59. The number of rotatable bonds is 18. The number of nitrogens with zero attached hydrogens (tertiary/aromatic N) is 2. The summed E-state index contributed by atoms with van der Waals surface area (Å²) in [4.78, 5) is 0. The van der Waals surface area contributed by atoms with Gasteiger partial charge < -0.3 is 4.74 Å². The molecule has 1 aliphatic heterocycles. The van der Waals surface area contributed by atoms with Crippen molar-refractivity contribution < 1.29 is 4.74 Å². The van der Waals surface area contributed by atoms with Crippen molar-refractivity contribution in [1.82, 2.24) is 10.0 Å². The van der Waals surface area contributed by atoms with E-state index in [2.05, 4.69) is 24.0 Å². The van der Waals surface area contributed by atoms with Gasteiger partial charge in [-0.15, -0.1) is 0 Å². The molecule has 3 nitrogen and oxygen atoms in total. The van der Waals surface area contributed by atoms with Gasteiger partial charge in [0.05, 0.1) is 13.2 Å². The van der Waals surface area contributed by atoms with Crippen LogP contribution in [0, 0.1) is 0 Å². The van der Waals surface area contributed by atoms with Crippen molar-refractivity contribution in [3.63, 3.8) is 0 Å². The van der Waals surface area contributed by atoms with Gasteiger partial charge in [-0.25, -0.2) is 10.0 Å². The molecule has 1 rings (SSSR count). The van der Waals surface area contributed by atoms with Gasteiger partial charge in [0.15, 0.2) is 0 Å². The smallest absolute Gasteiger partial charge is 0.0608 e. The minimum Gasteiger partial charge on any atom is -0.379 e. The molecule has 1 saturated heterocycles. The molecule has 0 aromatic carbocycles. The third-order valence-corrected chi connectivity index (χ3v) is 5.81. The Labute approximate surface area is 164 Å². The van der Waals surface area contributed by atoms with Crippen molar-refractivity contribution in [3.05, 3.63) is 0 Å². The first-order chi connectivity index (χ1) is 12.8. The van der Waals surface area contributed by atoms with Gasteiger partial charge in [0.2, 0.25) is 0 Å². The maximum absolute atomic E-state index is 5.42. The molecule has 0 saturated carbocycles. The summed E-state index contributed by atoms with van der Waals surface area (Å²) in [7, 11) is 2.23. The van der Waals surface area contributed by atoms with E-state index in [0.29, 0.717) is 0 Å². The van der Waals surface area contributed by atoms with Gasteiger partial charge >= 0.3 is 0 Å². The Morgan fingerprint density at radius 1 is 0.615 bits per heavy atom. The average molecular weight is 369 g/mol. The molecule has 0 aromatic rings. The van der Waals surface area contributed by atoms with Crippen molar-refractivity contribution in [2.45, 2.75) is 110 Å². The zero-order valence-corrected chi connectivity index (χ0v) is 18.2. The van der Waals surface area contributed by atoms with E-state index in [9.17, 15) is 0 Å². The largest absolute Gasteiger partial charge is 0.379 e. The second-order valence-corrected chi connectivity index (χ2v) is 8.25. The lowest BCUT2D eigenvalue weighted by molar-refractivity contribution is -0.0759. The Kier molecular flexibility index (Phi) is 16.8. The van der Waals surface area contributed by atoms with Crippen LogP contribution in [-0.2, 0) is 4.74 Å². The Morgan fingerprint density at radius 3 is 1.42 bits per heavy atom. The maximum Gasteiger partial charge on any atom is 0.0608 e. The van der Waals surface area contributed by atoms with Crippen LogP contribution in [-0.4, -0.2) is 49.9 Å². The molecule has 156 valence electrons. The van der Waals surface area contributed by atoms with Crippen molar-refractivity contribution in [3.8, 4) is 0 Å². The topological polar surface area (TPSA) is 15.7 Å². The summed E-state index contributed by atoms with van der Waals surface area (Å²) in [6, 6.07) is 0. The Bertz CT molecular complexity index is 279. The summed E-state index contributed by atoms with van der Waals surface area (Å²) in [6.45, 7) is 7.42.